The maximum Gasteiger partial charge on any atom is 0.326 e. The summed E-state index contributed by atoms with van der Waals surface area (Å²) in [6.45, 7) is 2.67. The van der Waals surface area contributed by atoms with Gasteiger partial charge in [0.25, 0.3) is 0 Å². The number of nitrogens with zero attached hydrogens (tertiary/aromatic N) is 3. The zero-order chi connectivity index (χ0) is 37.7. The number of hydrogen-bond acceptors (Lipinski definition) is 9. The number of carboxylic acids is 1. The van der Waals surface area contributed by atoms with Crippen molar-refractivity contribution < 1.29 is 38.0 Å². The number of nitriles is 1. The number of rotatable bonds is 16. The molecule has 4 aromatic rings. The molecule has 3 aromatic carbocycles. The number of pyridine rings is 1. The number of aliphatic hydroxyl groups excluding tert-OH is 1. The van der Waals surface area contributed by atoms with Gasteiger partial charge in [0, 0.05) is 67.8 Å². The second-order valence-corrected chi connectivity index (χ2v) is 14.1. The number of fused-ring (bicyclic) bond motifs is 1. The van der Waals surface area contributed by atoms with Crippen molar-refractivity contribution in [3.05, 3.63) is 105 Å². The average Bonchev–Trinajstić information content (AvgIpc) is 3.46. The van der Waals surface area contributed by atoms with Crippen LogP contribution in [0.2, 0.25) is 10.0 Å². The number of benzene rings is 3. The molecule has 0 amide bonds. The van der Waals surface area contributed by atoms with E-state index in [4.69, 9.17) is 37.4 Å². The maximum absolute atomic E-state index is 16.0. The van der Waals surface area contributed by atoms with Gasteiger partial charge in [0.15, 0.2) is 6.10 Å². The van der Waals surface area contributed by atoms with Crippen molar-refractivity contribution in [3.63, 3.8) is 0 Å². The lowest BCUT2D eigenvalue weighted by molar-refractivity contribution is -0.145. The summed E-state index contributed by atoms with van der Waals surface area (Å²) in [5.41, 5.74) is 2.54. The molecule has 0 radical (unpaired) electrons. The van der Waals surface area contributed by atoms with Crippen molar-refractivity contribution in [1.29, 1.82) is 5.26 Å². The number of nitrogens with one attached hydrogen (secondary N) is 1. The summed E-state index contributed by atoms with van der Waals surface area (Å²) in [7, 11) is 0. The summed E-state index contributed by atoms with van der Waals surface area (Å²) in [5, 5.41) is 32.1. The van der Waals surface area contributed by atoms with Crippen LogP contribution in [0.25, 0.3) is 11.1 Å². The molecule has 53 heavy (non-hydrogen) atoms. The van der Waals surface area contributed by atoms with E-state index in [1.54, 1.807) is 24.4 Å². The molecule has 0 bridgehead atoms. The number of carboxylic acid groups (broad SMARTS) is 1. The van der Waals surface area contributed by atoms with Gasteiger partial charge in [-0.25, -0.2) is 8.78 Å². The van der Waals surface area contributed by atoms with Crippen molar-refractivity contribution in [3.8, 4) is 34.4 Å². The van der Waals surface area contributed by atoms with Crippen molar-refractivity contribution in [2.24, 2.45) is 0 Å². The van der Waals surface area contributed by atoms with Crippen LogP contribution in [0, 0.1) is 11.3 Å². The summed E-state index contributed by atoms with van der Waals surface area (Å²) in [4.78, 5) is 17.9. The molecule has 0 spiro atoms. The molecule has 1 fully saturated rings. The van der Waals surface area contributed by atoms with E-state index in [9.17, 15) is 24.7 Å². The molecule has 14 heteroatoms. The number of alkyl halides is 2. The Morgan fingerprint density at radius 3 is 2.58 bits per heavy atom. The van der Waals surface area contributed by atoms with Crippen LogP contribution in [0.4, 0.5) is 8.78 Å². The highest BCUT2D eigenvalue weighted by molar-refractivity contribution is 6.35. The smallest absolute Gasteiger partial charge is 0.326 e. The SMILES string of the molecule is C[C@@](CO)(NCc1cc(Cl)c(O[C@@H]2c3cccc(-c4cccc(OCCCN5CC(F)C5)c4Cl)c3C[C@@H]2F)cc1OCc1cncc(C#N)c1)C(=O)O. The first-order valence-corrected chi connectivity index (χ1v) is 17.8. The van der Waals surface area contributed by atoms with E-state index in [0.717, 1.165) is 24.1 Å². The predicted octanol–water partition coefficient (Wildman–Crippen LogP) is 6.87. The molecule has 3 N–H and O–H groups in total. The number of aliphatic carboxylic acids is 1. The Hall–Kier alpha value is -4.51. The minimum atomic E-state index is -1.65. The molecule has 1 aliphatic heterocycles. The zero-order valence-corrected chi connectivity index (χ0v) is 30.3. The summed E-state index contributed by atoms with van der Waals surface area (Å²) >= 11 is 13.6. The molecule has 3 atom stereocenters. The van der Waals surface area contributed by atoms with Crippen LogP contribution in [-0.2, 0) is 24.4 Å². The molecule has 1 saturated heterocycles. The van der Waals surface area contributed by atoms with E-state index in [-0.39, 0.29) is 36.1 Å². The molecular formula is C39H38Cl2F2N4O6. The predicted molar refractivity (Wildman–Crippen MR) is 195 cm³/mol. The Balaban J connectivity index is 1.24. The molecule has 278 valence electrons. The Bertz CT molecular complexity index is 2010. The summed E-state index contributed by atoms with van der Waals surface area (Å²) in [6.07, 6.45) is 0.544. The fourth-order valence-electron chi connectivity index (χ4n) is 6.33. The third-order valence-corrected chi connectivity index (χ3v) is 10.1. The highest BCUT2D eigenvalue weighted by Gasteiger charge is 2.37. The molecule has 0 saturated carbocycles. The Morgan fingerprint density at radius 1 is 1.08 bits per heavy atom. The maximum atomic E-state index is 16.0. The monoisotopic (exact) mass is 766 g/mol. The van der Waals surface area contributed by atoms with E-state index >= 15 is 4.39 Å². The summed E-state index contributed by atoms with van der Waals surface area (Å²) in [5.74, 6) is -0.356. The van der Waals surface area contributed by atoms with Crippen molar-refractivity contribution in [2.75, 3.05) is 32.8 Å². The Morgan fingerprint density at radius 2 is 1.85 bits per heavy atom. The van der Waals surface area contributed by atoms with Crippen LogP contribution >= 0.6 is 23.2 Å². The Labute approximate surface area is 315 Å². The molecule has 6 rings (SSSR count). The van der Waals surface area contributed by atoms with Crippen molar-refractivity contribution in [1.82, 2.24) is 15.2 Å². The molecule has 2 heterocycles. The fraction of sp³-hybridized carbons (Fsp3) is 0.359. The molecule has 10 nitrogen and oxygen atoms in total. The van der Waals surface area contributed by atoms with Gasteiger partial charge in [-0.05, 0) is 48.2 Å². The van der Waals surface area contributed by atoms with E-state index in [0.29, 0.717) is 58.3 Å². The fourth-order valence-corrected chi connectivity index (χ4v) is 6.84. The summed E-state index contributed by atoms with van der Waals surface area (Å²) in [6, 6.07) is 17.7. The number of ether oxygens (including phenoxy) is 3. The molecule has 1 aromatic heterocycles. The van der Waals surface area contributed by atoms with Crippen LogP contribution in [0.1, 0.15) is 47.3 Å². The number of aliphatic hydroxyl groups is 1. The zero-order valence-electron chi connectivity index (χ0n) is 28.8. The van der Waals surface area contributed by atoms with Crippen molar-refractivity contribution >= 4 is 29.2 Å². The number of halogens is 4. The first-order chi connectivity index (χ1) is 25.5. The van der Waals surface area contributed by atoms with Crippen molar-refractivity contribution in [2.45, 2.75) is 56.9 Å². The van der Waals surface area contributed by atoms with Gasteiger partial charge in [-0.15, -0.1) is 0 Å². The van der Waals surface area contributed by atoms with E-state index in [2.05, 4.69) is 10.3 Å². The topological polar surface area (TPSA) is 137 Å². The van der Waals surface area contributed by atoms with Gasteiger partial charge in [-0.3, -0.25) is 20.0 Å². The van der Waals surface area contributed by atoms with Gasteiger partial charge in [0.1, 0.15) is 47.8 Å². The standard InChI is InChI=1S/C39H38Cl2F2N4O6/c1-39(22-48,38(49)50)46-18-25-12-31(40)35(14-34(25)52-21-24-11-23(15-44)16-45-17-24)53-37-29-7-2-5-27(30(29)13-32(37)43)28-6-3-8-33(36(28)41)51-10-4-9-47-19-26(42)20-47/h2-3,5-8,11-12,14,16-17,26,32,37,46,48H,4,9-10,13,18-22H2,1H3,(H,49,50)/t32-,37+,39-/m0/s1. The second-order valence-electron chi connectivity index (χ2n) is 13.3. The Kier molecular flexibility index (Phi) is 12.0. The molecule has 2 aliphatic rings. The van der Waals surface area contributed by atoms with E-state index in [1.165, 1.54) is 25.3 Å². The highest BCUT2D eigenvalue weighted by atomic mass is 35.5. The van der Waals surface area contributed by atoms with Crippen LogP contribution < -0.4 is 19.5 Å². The number of carbonyl (C=O) groups is 1. The average molecular weight is 768 g/mol. The van der Waals surface area contributed by atoms with Gasteiger partial charge in [0.2, 0.25) is 0 Å². The van der Waals surface area contributed by atoms with Crippen LogP contribution in [0.3, 0.4) is 0 Å². The third kappa shape index (κ3) is 8.67. The van der Waals surface area contributed by atoms with Gasteiger partial charge < -0.3 is 24.4 Å². The molecule has 1 aliphatic carbocycles. The lowest BCUT2D eigenvalue weighted by Gasteiger charge is -2.34. The van der Waals surface area contributed by atoms with E-state index in [1.807, 2.05) is 35.2 Å². The lowest BCUT2D eigenvalue weighted by Crippen LogP contribution is -2.52. The first-order valence-electron chi connectivity index (χ1n) is 17.1. The molecular weight excluding hydrogens is 729 g/mol. The van der Waals surface area contributed by atoms with Crippen LogP contribution in [0.5, 0.6) is 17.2 Å². The third-order valence-electron chi connectivity index (χ3n) is 9.43. The number of likely N-dealkylation sites (tertiary alicyclic amines) is 1. The minimum absolute atomic E-state index is 0.00427. The number of hydrogen-bond donors (Lipinski definition) is 3. The van der Waals surface area contributed by atoms with E-state index < -0.39 is 36.6 Å². The first kappa shape index (κ1) is 38.2. The van der Waals surface area contributed by atoms with Gasteiger partial charge in [-0.1, -0.05) is 53.5 Å². The largest absolute Gasteiger partial charge is 0.492 e. The second kappa shape index (κ2) is 16.7. The van der Waals surface area contributed by atoms with Gasteiger partial charge in [0.05, 0.1) is 28.8 Å². The lowest BCUT2D eigenvalue weighted by atomic mass is 9.96. The van der Waals surface area contributed by atoms with Crippen LogP contribution in [0.15, 0.2) is 67.0 Å². The number of aromatic nitrogens is 1. The normalized spacial score (nSPS) is 18.1. The van der Waals surface area contributed by atoms with Gasteiger partial charge >= 0.3 is 5.97 Å². The quantitative estimate of drug-likeness (QED) is 0.104. The van der Waals surface area contributed by atoms with Crippen LogP contribution in [-0.4, -0.2) is 76.8 Å². The highest BCUT2D eigenvalue weighted by Crippen LogP contribution is 2.46. The summed E-state index contributed by atoms with van der Waals surface area (Å²) < 4.78 is 47.5. The minimum Gasteiger partial charge on any atom is -0.492 e. The molecule has 0 unspecified atom stereocenters. The van der Waals surface area contributed by atoms with Gasteiger partial charge in [-0.2, -0.15) is 5.26 Å².